The molecule has 1 saturated heterocycles. The monoisotopic (exact) mass is 198 g/mol. The maximum atomic E-state index is 3.82. The molecule has 1 heterocycles. The molecule has 14 heavy (non-hydrogen) atoms. The van der Waals surface area contributed by atoms with Crippen molar-refractivity contribution in [3.05, 3.63) is 0 Å². The number of hydrogen-bond donors (Lipinski definition) is 2. The molecule has 84 valence electrons. The molecule has 0 amide bonds. The number of hydrogen-bond acceptors (Lipinski definition) is 2. The topological polar surface area (TPSA) is 24.1 Å². The molecule has 0 aliphatic carbocycles. The van der Waals surface area contributed by atoms with Crippen LogP contribution in [0.25, 0.3) is 0 Å². The largest absolute Gasteiger partial charge is 0.317 e. The Hall–Kier alpha value is -0.0800. The van der Waals surface area contributed by atoms with Crippen LogP contribution >= 0.6 is 0 Å². The third-order valence-corrected chi connectivity index (χ3v) is 3.08. The summed E-state index contributed by atoms with van der Waals surface area (Å²) in [6, 6.07) is 1.55. The molecule has 1 fully saturated rings. The molecule has 0 bridgehead atoms. The fourth-order valence-corrected chi connectivity index (χ4v) is 2.33. The van der Waals surface area contributed by atoms with E-state index in [0.717, 1.165) is 12.1 Å². The fourth-order valence-electron chi connectivity index (χ4n) is 2.33. The highest BCUT2D eigenvalue weighted by Crippen LogP contribution is 2.09. The highest BCUT2D eigenvalue weighted by Gasteiger charge is 2.16. The van der Waals surface area contributed by atoms with Gasteiger partial charge in [-0.25, -0.2) is 0 Å². The molecule has 0 unspecified atom stereocenters. The van der Waals surface area contributed by atoms with Gasteiger partial charge in [-0.15, -0.1) is 0 Å². The zero-order chi connectivity index (χ0) is 10.2. The number of rotatable bonds is 6. The quantitative estimate of drug-likeness (QED) is 0.684. The van der Waals surface area contributed by atoms with Gasteiger partial charge in [0.1, 0.15) is 0 Å². The summed E-state index contributed by atoms with van der Waals surface area (Å²) < 4.78 is 0. The minimum absolute atomic E-state index is 0.771. The van der Waals surface area contributed by atoms with Crippen molar-refractivity contribution in [2.24, 2.45) is 0 Å². The third kappa shape index (κ3) is 4.43. The van der Waals surface area contributed by atoms with Crippen LogP contribution in [0.4, 0.5) is 0 Å². The lowest BCUT2D eigenvalue weighted by Crippen LogP contribution is -2.44. The Labute approximate surface area is 88.8 Å². The molecule has 1 aliphatic heterocycles. The average molecular weight is 198 g/mol. The first-order valence-electron chi connectivity index (χ1n) is 6.33. The van der Waals surface area contributed by atoms with Gasteiger partial charge in [-0.1, -0.05) is 26.7 Å². The Bertz CT molecular complexity index is 124. The molecule has 2 nitrogen and oxygen atoms in total. The second-order valence-electron chi connectivity index (χ2n) is 4.47. The van der Waals surface area contributed by atoms with Crippen molar-refractivity contribution in [3.63, 3.8) is 0 Å². The van der Waals surface area contributed by atoms with Crippen molar-refractivity contribution < 1.29 is 0 Å². The van der Waals surface area contributed by atoms with Crippen molar-refractivity contribution in [3.8, 4) is 0 Å². The van der Waals surface area contributed by atoms with Crippen LogP contribution in [-0.4, -0.2) is 25.2 Å². The Kier molecular flexibility index (Phi) is 6.20. The summed E-state index contributed by atoms with van der Waals surface area (Å²) in [4.78, 5) is 0. The third-order valence-electron chi connectivity index (χ3n) is 3.08. The van der Waals surface area contributed by atoms with Crippen molar-refractivity contribution in [1.29, 1.82) is 0 Å². The van der Waals surface area contributed by atoms with Gasteiger partial charge in [0, 0.05) is 12.1 Å². The first kappa shape index (κ1) is 12.0. The van der Waals surface area contributed by atoms with Crippen LogP contribution < -0.4 is 10.6 Å². The van der Waals surface area contributed by atoms with Crippen LogP contribution in [0.2, 0.25) is 0 Å². The van der Waals surface area contributed by atoms with E-state index >= 15 is 0 Å². The zero-order valence-corrected chi connectivity index (χ0v) is 9.81. The molecule has 0 spiro atoms. The predicted octanol–water partition coefficient (Wildman–Crippen LogP) is 2.30. The molecule has 0 saturated carbocycles. The molecule has 0 atom stereocenters. The molecule has 0 aromatic heterocycles. The van der Waals surface area contributed by atoms with E-state index in [4.69, 9.17) is 0 Å². The van der Waals surface area contributed by atoms with Crippen LogP contribution in [-0.2, 0) is 0 Å². The average Bonchev–Trinajstić information content (AvgIpc) is 2.20. The molecule has 2 N–H and O–H groups in total. The van der Waals surface area contributed by atoms with Crippen LogP contribution in [0.1, 0.15) is 52.4 Å². The molecule has 0 aromatic carbocycles. The molecular formula is C12H26N2. The zero-order valence-electron chi connectivity index (χ0n) is 9.81. The minimum atomic E-state index is 0.771. The maximum Gasteiger partial charge on any atom is 0.00938 e. The van der Waals surface area contributed by atoms with E-state index < -0.39 is 0 Å². The SMILES string of the molecule is CCCC(CCC)NC1CCNCC1. The van der Waals surface area contributed by atoms with Crippen molar-refractivity contribution in [1.82, 2.24) is 10.6 Å². The van der Waals surface area contributed by atoms with Crippen molar-refractivity contribution in [2.45, 2.75) is 64.5 Å². The molecule has 2 heteroatoms. The number of piperidine rings is 1. The second-order valence-corrected chi connectivity index (χ2v) is 4.47. The van der Waals surface area contributed by atoms with Gasteiger partial charge in [0.05, 0.1) is 0 Å². The van der Waals surface area contributed by atoms with E-state index in [9.17, 15) is 0 Å². The van der Waals surface area contributed by atoms with Gasteiger partial charge in [-0.3, -0.25) is 0 Å². The lowest BCUT2D eigenvalue weighted by molar-refractivity contribution is 0.325. The summed E-state index contributed by atoms with van der Waals surface area (Å²) in [7, 11) is 0. The van der Waals surface area contributed by atoms with Crippen molar-refractivity contribution in [2.75, 3.05) is 13.1 Å². The van der Waals surface area contributed by atoms with Crippen LogP contribution in [0.15, 0.2) is 0 Å². The van der Waals surface area contributed by atoms with Gasteiger partial charge in [0.15, 0.2) is 0 Å². The Balaban J connectivity index is 2.21. The second kappa shape index (κ2) is 7.24. The van der Waals surface area contributed by atoms with Crippen LogP contribution in [0.3, 0.4) is 0 Å². The van der Waals surface area contributed by atoms with Crippen LogP contribution in [0, 0.1) is 0 Å². The van der Waals surface area contributed by atoms with E-state index in [2.05, 4.69) is 24.5 Å². The Morgan fingerprint density at radius 2 is 1.71 bits per heavy atom. The van der Waals surface area contributed by atoms with Gasteiger partial charge in [0.2, 0.25) is 0 Å². The van der Waals surface area contributed by atoms with Gasteiger partial charge < -0.3 is 10.6 Å². The summed E-state index contributed by atoms with van der Waals surface area (Å²) in [5.74, 6) is 0. The Morgan fingerprint density at radius 1 is 1.14 bits per heavy atom. The molecule has 0 aromatic rings. The summed E-state index contributed by atoms with van der Waals surface area (Å²) in [6.07, 6.45) is 7.93. The maximum absolute atomic E-state index is 3.82. The van der Waals surface area contributed by atoms with E-state index in [-0.39, 0.29) is 0 Å². The lowest BCUT2D eigenvalue weighted by atomic mass is 10.0. The smallest absolute Gasteiger partial charge is 0.00938 e. The van der Waals surface area contributed by atoms with E-state index in [1.165, 1.54) is 51.6 Å². The van der Waals surface area contributed by atoms with Crippen molar-refractivity contribution >= 4 is 0 Å². The first-order chi connectivity index (χ1) is 6.86. The Morgan fingerprint density at radius 3 is 2.21 bits per heavy atom. The lowest BCUT2D eigenvalue weighted by Gasteiger charge is -2.28. The minimum Gasteiger partial charge on any atom is -0.317 e. The highest BCUT2D eigenvalue weighted by atomic mass is 15.0. The fraction of sp³-hybridized carbons (Fsp3) is 1.00. The van der Waals surface area contributed by atoms with Gasteiger partial charge in [-0.2, -0.15) is 0 Å². The summed E-state index contributed by atoms with van der Waals surface area (Å²) in [5.41, 5.74) is 0. The number of nitrogens with one attached hydrogen (secondary N) is 2. The van der Waals surface area contributed by atoms with E-state index in [1.54, 1.807) is 0 Å². The predicted molar refractivity (Wildman–Crippen MR) is 62.6 cm³/mol. The van der Waals surface area contributed by atoms with Gasteiger partial charge in [-0.05, 0) is 38.8 Å². The highest BCUT2D eigenvalue weighted by molar-refractivity contribution is 4.78. The van der Waals surface area contributed by atoms with Gasteiger partial charge >= 0.3 is 0 Å². The first-order valence-corrected chi connectivity index (χ1v) is 6.33. The molecular weight excluding hydrogens is 172 g/mol. The van der Waals surface area contributed by atoms with Gasteiger partial charge in [0.25, 0.3) is 0 Å². The summed E-state index contributed by atoms with van der Waals surface area (Å²) in [5, 5.41) is 7.23. The molecule has 1 rings (SSSR count). The standard InChI is InChI=1S/C12H26N2/c1-3-5-11(6-4-2)14-12-7-9-13-10-8-12/h11-14H,3-10H2,1-2H3. The summed E-state index contributed by atoms with van der Waals surface area (Å²) >= 11 is 0. The van der Waals surface area contributed by atoms with Crippen LogP contribution in [0.5, 0.6) is 0 Å². The molecule has 1 aliphatic rings. The molecule has 0 radical (unpaired) electrons. The van der Waals surface area contributed by atoms with E-state index in [1.807, 2.05) is 0 Å². The normalized spacial score (nSPS) is 19.1. The summed E-state index contributed by atoms with van der Waals surface area (Å²) in [6.45, 7) is 6.96. The van der Waals surface area contributed by atoms with E-state index in [0.29, 0.717) is 0 Å².